The van der Waals surface area contributed by atoms with Crippen molar-refractivity contribution in [2.75, 3.05) is 6.61 Å². The van der Waals surface area contributed by atoms with Crippen LogP contribution in [0.1, 0.15) is 33.3 Å². The van der Waals surface area contributed by atoms with Gasteiger partial charge in [0.1, 0.15) is 25.4 Å². The van der Waals surface area contributed by atoms with E-state index in [1.165, 1.54) is 0 Å². The van der Waals surface area contributed by atoms with Crippen LogP contribution in [0.2, 0.25) is 0 Å². The zero-order chi connectivity index (χ0) is 25.3. The average Bonchev–Trinajstić information content (AvgIpc) is 2.74. The second kappa shape index (κ2) is 12.5. The van der Waals surface area contributed by atoms with Crippen molar-refractivity contribution in [3.05, 3.63) is 35.9 Å². The maximum absolute atomic E-state index is 12.5. The quantitative estimate of drug-likeness (QED) is 0.418. The van der Waals surface area contributed by atoms with Gasteiger partial charge in [-0.2, -0.15) is 0 Å². The van der Waals surface area contributed by atoms with E-state index in [9.17, 15) is 24.0 Å². The molecule has 1 aliphatic heterocycles. The Morgan fingerprint density at radius 2 is 1.38 bits per heavy atom. The molecule has 1 amide bonds. The van der Waals surface area contributed by atoms with E-state index >= 15 is 0 Å². The molecule has 1 saturated heterocycles. The van der Waals surface area contributed by atoms with E-state index in [0.717, 1.165) is 27.7 Å². The van der Waals surface area contributed by atoms with E-state index in [-0.39, 0.29) is 6.61 Å². The number of carbonyl (C=O) groups excluding carboxylic acids is 5. The molecule has 2 rings (SSSR count). The van der Waals surface area contributed by atoms with Gasteiger partial charge in [0.05, 0.1) is 0 Å². The average molecular weight is 481 g/mol. The maximum Gasteiger partial charge on any atom is 0.408 e. The van der Waals surface area contributed by atoms with E-state index < -0.39 is 67.2 Å². The van der Waals surface area contributed by atoms with E-state index in [1.54, 1.807) is 30.3 Å². The van der Waals surface area contributed by atoms with Crippen molar-refractivity contribution in [2.24, 2.45) is 0 Å². The summed E-state index contributed by atoms with van der Waals surface area (Å²) in [6, 6.07) is 7.51. The van der Waals surface area contributed by atoms with E-state index in [0.29, 0.717) is 5.56 Å². The molecule has 1 fully saturated rings. The SMILES string of the molecule is CC(=O)OC[C@H]1O[C@@H](OC(C)=O)[C@H](NC(=O)OCc2ccccc2)[C@@H](OC(C)=O)[C@@H]1OC(C)=O. The molecule has 0 bridgehead atoms. The van der Waals surface area contributed by atoms with E-state index in [1.807, 2.05) is 0 Å². The largest absolute Gasteiger partial charge is 0.463 e. The lowest BCUT2D eigenvalue weighted by Gasteiger charge is -2.44. The predicted molar refractivity (Wildman–Crippen MR) is 112 cm³/mol. The monoisotopic (exact) mass is 481 g/mol. The van der Waals surface area contributed by atoms with Crippen molar-refractivity contribution in [1.29, 1.82) is 0 Å². The van der Waals surface area contributed by atoms with Crippen molar-refractivity contribution >= 4 is 30.0 Å². The Morgan fingerprint density at radius 3 is 1.94 bits per heavy atom. The minimum atomic E-state index is -1.49. The van der Waals surface area contributed by atoms with Crippen LogP contribution < -0.4 is 5.32 Å². The highest BCUT2D eigenvalue weighted by atomic mass is 16.7. The topological polar surface area (TPSA) is 153 Å². The summed E-state index contributed by atoms with van der Waals surface area (Å²) >= 11 is 0. The summed E-state index contributed by atoms with van der Waals surface area (Å²) in [5.74, 6) is -2.95. The fourth-order valence-corrected chi connectivity index (χ4v) is 3.22. The highest BCUT2D eigenvalue weighted by Gasteiger charge is 2.52. The van der Waals surface area contributed by atoms with Crippen LogP contribution in [-0.4, -0.2) is 67.2 Å². The second-order valence-corrected chi connectivity index (χ2v) is 7.33. The third kappa shape index (κ3) is 8.35. The lowest BCUT2D eigenvalue weighted by molar-refractivity contribution is -0.270. The molecule has 0 saturated carbocycles. The number of benzene rings is 1. The minimum Gasteiger partial charge on any atom is -0.463 e. The Bertz CT molecular complexity index is 888. The number of alkyl carbamates (subject to hydrolysis) is 1. The molecule has 0 aromatic heterocycles. The number of hydrogen-bond acceptors (Lipinski definition) is 11. The predicted octanol–water partition coefficient (Wildman–Crippen LogP) is 0.996. The van der Waals surface area contributed by atoms with Crippen LogP contribution in [0, 0.1) is 0 Å². The van der Waals surface area contributed by atoms with Crippen molar-refractivity contribution in [1.82, 2.24) is 5.32 Å². The Labute approximate surface area is 195 Å². The molecule has 34 heavy (non-hydrogen) atoms. The van der Waals surface area contributed by atoms with Gasteiger partial charge in [-0.1, -0.05) is 30.3 Å². The van der Waals surface area contributed by atoms with Crippen LogP contribution in [0.3, 0.4) is 0 Å². The molecule has 1 heterocycles. The third-order valence-electron chi connectivity index (χ3n) is 4.48. The van der Waals surface area contributed by atoms with E-state index in [4.69, 9.17) is 28.4 Å². The molecular formula is C22H27NO11. The molecule has 0 spiro atoms. The summed E-state index contributed by atoms with van der Waals surface area (Å²) in [4.78, 5) is 59.1. The van der Waals surface area contributed by atoms with Crippen LogP contribution in [0.15, 0.2) is 30.3 Å². The molecule has 1 aliphatic rings. The molecule has 186 valence electrons. The Morgan fingerprint density at radius 1 is 0.794 bits per heavy atom. The summed E-state index contributed by atoms with van der Waals surface area (Å²) in [7, 11) is 0. The highest BCUT2D eigenvalue weighted by molar-refractivity contribution is 5.70. The van der Waals surface area contributed by atoms with Gasteiger partial charge in [0, 0.05) is 27.7 Å². The lowest BCUT2D eigenvalue weighted by atomic mass is 9.96. The number of ether oxygens (including phenoxy) is 6. The Kier molecular flexibility index (Phi) is 9.80. The summed E-state index contributed by atoms with van der Waals surface area (Å²) < 4.78 is 31.6. The molecule has 0 radical (unpaired) electrons. The smallest absolute Gasteiger partial charge is 0.408 e. The number of rotatable bonds is 8. The number of amides is 1. The Balaban J connectivity index is 2.30. The molecule has 12 heteroatoms. The third-order valence-corrected chi connectivity index (χ3v) is 4.48. The maximum atomic E-state index is 12.5. The van der Waals surface area contributed by atoms with Crippen molar-refractivity contribution in [2.45, 2.75) is 64.9 Å². The summed E-state index contributed by atoms with van der Waals surface area (Å²) in [6.45, 7) is 4.00. The van der Waals surface area contributed by atoms with Crippen LogP contribution in [0.25, 0.3) is 0 Å². The second-order valence-electron chi connectivity index (χ2n) is 7.33. The van der Waals surface area contributed by atoms with Gasteiger partial charge in [0.2, 0.25) is 6.29 Å². The first-order chi connectivity index (χ1) is 16.1. The van der Waals surface area contributed by atoms with Crippen molar-refractivity contribution < 1.29 is 52.4 Å². The van der Waals surface area contributed by atoms with Crippen LogP contribution >= 0.6 is 0 Å². The van der Waals surface area contributed by atoms with Crippen molar-refractivity contribution in [3.63, 3.8) is 0 Å². The normalized spacial score (nSPS) is 23.7. The zero-order valence-electron chi connectivity index (χ0n) is 19.2. The van der Waals surface area contributed by atoms with Crippen LogP contribution in [0.5, 0.6) is 0 Å². The van der Waals surface area contributed by atoms with Gasteiger partial charge >= 0.3 is 30.0 Å². The van der Waals surface area contributed by atoms with E-state index in [2.05, 4.69) is 5.32 Å². The van der Waals surface area contributed by atoms with Gasteiger partial charge in [-0.05, 0) is 5.56 Å². The first-order valence-electron chi connectivity index (χ1n) is 10.3. The number of carbonyl (C=O) groups is 5. The molecule has 1 aromatic carbocycles. The fourth-order valence-electron chi connectivity index (χ4n) is 3.22. The number of hydrogen-bond donors (Lipinski definition) is 1. The van der Waals surface area contributed by atoms with Crippen LogP contribution in [0.4, 0.5) is 4.79 Å². The Hall–Kier alpha value is -3.67. The molecule has 0 aliphatic carbocycles. The number of esters is 4. The van der Waals surface area contributed by atoms with Gasteiger partial charge < -0.3 is 33.7 Å². The molecule has 1 aromatic rings. The highest BCUT2D eigenvalue weighted by Crippen LogP contribution is 2.28. The molecule has 12 nitrogen and oxygen atoms in total. The summed E-state index contributed by atoms with van der Waals surface area (Å²) in [5.41, 5.74) is 0.713. The molecule has 0 unspecified atom stereocenters. The number of nitrogens with one attached hydrogen (secondary N) is 1. The first kappa shape index (κ1) is 26.6. The molecule has 1 N–H and O–H groups in total. The van der Waals surface area contributed by atoms with Gasteiger partial charge in [-0.15, -0.1) is 0 Å². The standard InChI is InChI=1S/C22H27NO11/c1-12(24)29-11-17-19(31-13(2)25)20(32-14(3)26)18(21(34-17)33-15(4)27)23-22(28)30-10-16-8-6-5-7-9-16/h5-9,17-21H,10-11H2,1-4H3,(H,23,28)/t17-,18-,19-,20-,21-/m1/s1. The van der Waals surface area contributed by atoms with Gasteiger partial charge in [0.25, 0.3) is 0 Å². The summed E-state index contributed by atoms with van der Waals surface area (Å²) in [5, 5.41) is 2.45. The zero-order valence-corrected chi connectivity index (χ0v) is 19.2. The summed E-state index contributed by atoms with van der Waals surface area (Å²) in [6.07, 6.45) is -6.29. The molecule has 5 atom stereocenters. The van der Waals surface area contributed by atoms with Gasteiger partial charge in [0.15, 0.2) is 12.2 Å². The van der Waals surface area contributed by atoms with Crippen molar-refractivity contribution in [3.8, 4) is 0 Å². The fraction of sp³-hybridized carbons (Fsp3) is 0.500. The first-order valence-corrected chi connectivity index (χ1v) is 10.3. The molecular weight excluding hydrogens is 454 g/mol. The lowest BCUT2D eigenvalue weighted by Crippen LogP contribution is -2.67. The minimum absolute atomic E-state index is 0.0703. The van der Waals surface area contributed by atoms with Gasteiger partial charge in [-0.3, -0.25) is 19.2 Å². The van der Waals surface area contributed by atoms with Crippen LogP contribution in [-0.2, 0) is 54.2 Å². The van der Waals surface area contributed by atoms with Gasteiger partial charge in [-0.25, -0.2) is 4.79 Å².